The highest BCUT2D eigenvalue weighted by molar-refractivity contribution is 6.20. The van der Waals surface area contributed by atoms with E-state index >= 15 is 0 Å². The van der Waals surface area contributed by atoms with Crippen LogP contribution in [0.5, 0.6) is 0 Å². The van der Waals surface area contributed by atoms with E-state index in [-0.39, 0.29) is 5.38 Å². The number of nitrogens with zero attached hydrogens (tertiary/aromatic N) is 3. The SMILES string of the molecule is CC(Cl)c1cn(CCCCc2ccccc2)nn1. The molecule has 1 heterocycles. The molecule has 0 spiro atoms. The Morgan fingerprint density at radius 1 is 1.22 bits per heavy atom. The molecular formula is C14H18ClN3. The highest BCUT2D eigenvalue weighted by Gasteiger charge is 2.05. The lowest BCUT2D eigenvalue weighted by molar-refractivity contribution is 0.541. The van der Waals surface area contributed by atoms with Gasteiger partial charge in [0.2, 0.25) is 0 Å². The van der Waals surface area contributed by atoms with E-state index in [2.05, 4.69) is 34.6 Å². The highest BCUT2D eigenvalue weighted by Crippen LogP contribution is 2.15. The first-order valence-corrected chi connectivity index (χ1v) is 6.77. The smallest absolute Gasteiger partial charge is 0.100 e. The topological polar surface area (TPSA) is 30.7 Å². The number of unbranched alkanes of at least 4 members (excludes halogenated alkanes) is 1. The lowest BCUT2D eigenvalue weighted by Crippen LogP contribution is -1.99. The summed E-state index contributed by atoms with van der Waals surface area (Å²) in [5, 5.41) is 8.03. The minimum Gasteiger partial charge on any atom is -0.252 e. The van der Waals surface area contributed by atoms with Crippen molar-refractivity contribution in [1.82, 2.24) is 15.0 Å². The highest BCUT2D eigenvalue weighted by atomic mass is 35.5. The standard InChI is InChI=1S/C14H18ClN3/c1-12(15)14-11-18(17-16-14)10-6-5-9-13-7-3-2-4-8-13/h2-4,7-8,11-12H,5-6,9-10H2,1H3. The van der Waals surface area contributed by atoms with Crippen molar-refractivity contribution in [3.63, 3.8) is 0 Å². The van der Waals surface area contributed by atoms with Gasteiger partial charge in [0.1, 0.15) is 5.69 Å². The van der Waals surface area contributed by atoms with Gasteiger partial charge in [0.05, 0.1) is 5.38 Å². The van der Waals surface area contributed by atoms with E-state index in [0.29, 0.717) is 0 Å². The number of halogens is 1. The van der Waals surface area contributed by atoms with E-state index in [1.807, 2.05) is 23.9 Å². The van der Waals surface area contributed by atoms with Crippen molar-refractivity contribution in [2.24, 2.45) is 0 Å². The summed E-state index contributed by atoms with van der Waals surface area (Å²) in [4.78, 5) is 0. The zero-order chi connectivity index (χ0) is 12.8. The van der Waals surface area contributed by atoms with Crippen molar-refractivity contribution in [2.45, 2.75) is 38.1 Å². The first-order valence-electron chi connectivity index (χ1n) is 6.34. The Bertz CT molecular complexity index is 465. The Balaban J connectivity index is 1.72. The van der Waals surface area contributed by atoms with E-state index in [4.69, 9.17) is 11.6 Å². The molecule has 2 rings (SSSR count). The molecule has 0 fully saturated rings. The largest absolute Gasteiger partial charge is 0.252 e. The number of hydrogen-bond acceptors (Lipinski definition) is 2. The Morgan fingerprint density at radius 3 is 2.67 bits per heavy atom. The molecule has 0 aliphatic heterocycles. The molecule has 4 heteroatoms. The van der Waals surface area contributed by atoms with Gasteiger partial charge in [0, 0.05) is 12.7 Å². The number of rotatable bonds is 6. The third-order valence-corrected chi connectivity index (χ3v) is 3.13. The van der Waals surface area contributed by atoms with Crippen molar-refractivity contribution in [2.75, 3.05) is 0 Å². The first kappa shape index (κ1) is 13.1. The predicted molar refractivity (Wildman–Crippen MR) is 73.7 cm³/mol. The molecule has 0 saturated heterocycles. The lowest BCUT2D eigenvalue weighted by atomic mass is 10.1. The lowest BCUT2D eigenvalue weighted by Gasteiger charge is -2.01. The van der Waals surface area contributed by atoms with Gasteiger partial charge in [-0.05, 0) is 31.7 Å². The molecule has 96 valence electrons. The van der Waals surface area contributed by atoms with Gasteiger partial charge in [-0.1, -0.05) is 35.5 Å². The van der Waals surface area contributed by atoms with Gasteiger partial charge in [0.25, 0.3) is 0 Å². The van der Waals surface area contributed by atoms with Crippen molar-refractivity contribution >= 4 is 11.6 Å². The second-order valence-electron chi connectivity index (χ2n) is 4.47. The number of aryl methyl sites for hydroxylation is 2. The summed E-state index contributed by atoms with van der Waals surface area (Å²) in [6, 6.07) is 10.6. The maximum absolute atomic E-state index is 5.94. The van der Waals surface area contributed by atoms with Crippen LogP contribution in [0.2, 0.25) is 0 Å². The fourth-order valence-electron chi connectivity index (χ4n) is 1.85. The second-order valence-corrected chi connectivity index (χ2v) is 5.12. The van der Waals surface area contributed by atoms with Crippen LogP contribution < -0.4 is 0 Å². The minimum absolute atomic E-state index is 0.0666. The fraction of sp³-hybridized carbons (Fsp3) is 0.429. The van der Waals surface area contributed by atoms with Crippen LogP contribution in [0.15, 0.2) is 36.5 Å². The zero-order valence-corrected chi connectivity index (χ0v) is 11.3. The Morgan fingerprint density at radius 2 is 2.00 bits per heavy atom. The summed E-state index contributed by atoms with van der Waals surface area (Å²) < 4.78 is 1.87. The van der Waals surface area contributed by atoms with Gasteiger partial charge < -0.3 is 0 Å². The summed E-state index contributed by atoms with van der Waals surface area (Å²) in [5.74, 6) is 0. The van der Waals surface area contributed by atoms with E-state index in [9.17, 15) is 0 Å². The number of benzene rings is 1. The van der Waals surface area contributed by atoms with Gasteiger partial charge in [-0.3, -0.25) is 4.68 Å². The summed E-state index contributed by atoms with van der Waals surface area (Å²) >= 11 is 5.94. The third kappa shape index (κ3) is 3.84. The van der Waals surface area contributed by atoms with Crippen LogP contribution in [0.1, 0.15) is 36.4 Å². The van der Waals surface area contributed by atoms with Crippen LogP contribution in [0.3, 0.4) is 0 Å². The molecule has 1 aromatic carbocycles. The number of hydrogen-bond donors (Lipinski definition) is 0. The summed E-state index contributed by atoms with van der Waals surface area (Å²) in [7, 11) is 0. The fourth-order valence-corrected chi connectivity index (χ4v) is 1.95. The van der Waals surface area contributed by atoms with Crippen LogP contribution in [-0.4, -0.2) is 15.0 Å². The molecule has 0 amide bonds. The second kappa shape index (κ2) is 6.55. The normalized spacial score (nSPS) is 12.6. The van der Waals surface area contributed by atoms with Crippen LogP contribution >= 0.6 is 11.6 Å². The molecule has 1 aromatic heterocycles. The van der Waals surface area contributed by atoms with E-state index in [1.54, 1.807) is 0 Å². The maximum atomic E-state index is 5.94. The Hall–Kier alpha value is -1.35. The van der Waals surface area contributed by atoms with Crippen molar-refractivity contribution in [3.8, 4) is 0 Å². The molecule has 0 bridgehead atoms. The molecule has 0 aliphatic rings. The van der Waals surface area contributed by atoms with E-state index < -0.39 is 0 Å². The number of alkyl halides is 1. The quantitative estimate of drug-likeness (QED) is 0.589. The van der Waals surface area contributed by atoms with Gasteiger partial charge in [0.15, 0.2) is 0 Å². The van der Waals surface area contributed by atoms with Crippen molar-refractivity contribution in [3.05, 3.63) is 47.8 Å². The van der Waals surface area contributed by atoms with Gasteiger partial charge >= 0.3 is 0 Å². The van der Waals surface area contributed by atoms with E-state index in [0.717, 1.165) is 31.5 Å². The van der Waals surface area contributed by atoms with E-state index in [1.165, 1.54) is 5.56 Å². The molecule has 1 atom stereocenters. The predicted octanol–water partition coefficient (Wildman–Crippen LogP) is 3.60. The molecule has 0 radical (unpaired) electrons. The summed E-state index contributed by atoms with van der Waals surface area (Å²) in [6.07, 6.45) is 5.32. The maximum Gasteiger partial charge on any atom is 0.100 e. The molecule has 0 saturated carbocycles. The van der Waals surface area contributed by atoms with Crippen LogP contribution in [0.4, 0.5) is 0 Å². The van der Waals surface area contributed by atoms with Gasteiger partial charge in [-0.2, -0.15) is 0 Å². The summed E-state index contributed by atoms with van der Waals surface area (Å²) in [5.41, 5.74) is 2.24. The molecule has 1 unspecified atom stereocenters. The minimum atomic E-state index is -0.0666. The molecular weight excluding hydrogens is 246 g/mol. The Labute approximate surface area is 113 Å². The van der Waals surface area contributed by atoms with Crippen LogP contribution in [0.25, 0.3) is 0 Å². The summed E-state index contributed by atoms with van der Waals surface area (Å²) in [6.45, 7) is 2.81. The van der Waals surface area contributed by atoms with Crippen molar-refractivity contribution in [1.29, 1.82) is 0 Å². The molecule has 18 heavy (non-hydrogen) atoms. The average Bonchev–Trinajstić information content (AvgIpc) is 2.85. The van der Waals surface area contributed by atoms with Crippen LogP contribution in [0, 0.1) is 0 Å². The monoisotopic (exact) mass is 263 g/mol. The first-order chi connectivity index (χ1) is 8.75. The van der Waals surface area contributed by atoms with Crippen LogP contribution in [-0.2, 0) is 13.0 Å². The number of aromatic nitrogens is 3. The van der Waals surface area contributed by atoms with Crippen molar-refractivity contribution < 1.29 is 0 Å². The zero-order valence-electron chi connectivity index (χ0n) is 10.6. The molecule has 0 aliphatic carbocycles. The third-order valence-electron chi connectivity index (χ3n) is 2.91. The van der Waals surface area contributed by atoms with Gasteiger partial charge in [-0.25, -0.2) is 0 Å². The molecule has 3 nitrogen and oxygen atoms in total. The van der Waals surface area contributed by atoms with Gasteiger partial charge in [-0.15, -0.1) is 16.7 Å². The molecule has 0 N–H and O–H groups in total. The molecule has 2 aromatic rings. The average molecular weight is 264 g/mol. The Kier molecular flexibility index (Phi) is 4.76.